The van der Waals surface area contributed by atoms with E-state index >= 15 is 0 Å². The fraction of sp³-hybridized carbons (Fsp3) is 0.286. The Balaban J connectivity index is 1.62. The van der Waals surface area contributed by atoms with Gasteiger partial charge in [-0.3, -0.25) is 0 Å². The van der Waals surface area contributed by atoms with Crippen LogP contribution in [0.2, 0.25) is 0 Å². The number of aromatic nitrogens is 1. The normalized spacial score (nSPS) is 16.9. The smallest absolute Gasteiger partial charge is 0.416 e. The van der Waals surface area contributed by atoms with Gasteiger partial charge in [0, 0.05) is 30.9 Å². The number of carbonyl (C=O) groups excluding carboxylic acids is 1. The van der Waals surface area contributed by atoms with E-state index in [2.05, 4.69) is 4.98 Å². The number of rotatable bonds is 7. The van der Waals surface area contributed by atoms with Crippen LogP contribution in [0, 0.1) is 6.92 Å². The van der Waals surface area contributed by atoms with Gasteiger partial charge in [-0.15, -0.1) is 0 Å². The molecule has 1 saturated heterocycles. The van der Waals surface area contributed by atoms with Gasteiger partial charge in [0.2, 0.25) is 5.88 Å². The van der Waals surface area contributed by atoms with Gasteiger partial charge in [0.1, 0.15) is 0 Å². The number of urea groups is 1. The molecule has 16 heteroatoms. The van der Waals surface area contributed by atoms with E-state index < -0.39 is 71.4 Å². The fourth-order valence-corrected chi connectivity index (χ4v) is 6.28. The number of nitrogens with zero attached hydrogens (tertiary/aromatic N) is 3. The van der Waals surface area contributed by atoms with Crippen LogP contribution in [0.15, 0.2) is 66.9 Å². The van der Waals surface area contributed by atoms with Crippen molar-refractivity contribution in [3.05, 3.63) is 106 Å². The number of alkyl halides is 9. The molecule has 0 bridgehead atoms. The van der Waals surface area contributed by atoms with Crippen molar-refractivity contribution in [1.82, 2.24) is 14.8 Å². The number of pyridine rings is 1. The second-order valence-corrected chi connectivity index (χ2v) is 12.0. The number of benzene rings is 3. The Bertz CT molecular complexity index is 1980. The molecule has 2 heterocycles. The van der Waals surface area contributed by atoms with Crippen molar-refractivity contribution >= 4 is 12.0 Å². The van der Waals surface area contributed by atoms with Crippen molar-refractivity contribution in [3.63, 3.8) is 0 Å². The number of aromatic carboxylic acids is 1. The highest BCUT2D eigenvalue weighted by molar-refractivity contribution is 5.89. The topological polar surface area (TPSA) is 83.0 Å². The van der Waals surface area contributed by atoms with Gasteiger partial charge in [0.15, 0.2) is 0 Å². The Hall–Kier alpha value is -5.28. The number of halogens is 9. The number of ether oxygens (including phenoxy) is 1. The van der Waals surface area contributed by atoms with Crippen LogP contribution >= 0.6 is 0 Å². The van der Waals surface area contributed by atoms with Crippen LogP contribution in [0.4, 0.5) is 44.3 Å². The molecule has 0 spiro atoms. The monoisotopic (exact) mass is 725 g/mol. The number of carbonyl (C=O) groups is 2. The van der Waals surface area contributed by atoms with Crippen molar-refractivity contribution in [2.75, 3.05) is 14.2 Å². The lowest BCUT2D eigenvalue weighted by molar-refractivity contribution is -0.143. The fourth-order valence-electron chi connectivity index (χ4n) is 6.28. The summed E-state index contributed by atoms with van der Waals surface area (Å²) in [7, 11) is 2.45. The van der Waals surface area contributed by atoms with E-state index in [4.69, 9.17) is 4.74 Å². The zero-order valence-electron chi connectivity index (χ0n) is 27.1. The van der Waals surface area contributed by atoms with E-state index in [1.165, 1.54) is 45.5 Å². The Labute approximate surface area is 284 Å². The molecule has 1 aromatic heterocycles. The van der Waals surface area contributed by atoms with Gasteiger partial charge >= 0.3 is 30.5 Å². The standard InChI is InChI=1S/C35H28F9N3O4/c1-17-9-19(31(48)49)5-7-26(17)21-13-28(30(51-4)45-15-21)27-8-6-23(33(36,37)38)12-22(27)16-47-18(2)29(46(3)32(47)50)20-10-24(34(39,40)41)14-25(11-20)35(42,43)44/h5-15,18,29H,16H2,1-4H3,(H,48,49)/t18-,29-/m0/s1. The van der Waals surface area contributed by atoms with Gasteiger partial charge in [-0.05, 0) is 90.2 Å². The molecule has 2 amide bonds. The number of hydrogen-bond acceptors (Lipinski definition) is 4. The first-order valence-electron chi connectivity index (χ1n) is 15.0. The molecule has 0 unspecified atom stereocenters. The highest BCUT2D eigenvalue weighted by Crippen LogP contribution is 2.44. The third-order valence-electron chi connectivity index (χ3n) is 8.76. The SMILES string of the molecule is COc1ncc(-c2ccc(C(=O)O)cc2C)cc1-c1ccc(C(F)(F)F)cc1CN1C(=O)N(C)[C@H](c2cc(C(F)(F)F)cc(C(F)(F)F)c2)[C@@H]1C. The number of carboxylic acid groups (broad SMARTS) is 1. The molecule has 5 rings (SSSR count). The maximum absolute atomic E-state index is 14.0. The van der Waals surface area contributed by atoms with Crippen LogP contribution in [0.1, 0.15) is 56.7 Å². The van der Waals surface area contributed by atoms with Crippen LogP contribution in [0.25, 0.3) is 22.3 Å². The van der Waals surface area contributed by atoms with Crippen LogP contribution in [0.5, 0.6) is 5.88 Å². The third kappa shape index (κ3) is 7.30. The molecule has 0 radical (unpaired) electrons. The van der Waals surface area contributed by atoms with Gasteiger partial charge in [-0.1, -0.05) is 12.1 Å². The molecular formula is C35H28F9N3O4. The first-order valence-corrected chi connectivity index (χ1v) is 15.0. The first kappa shape index (κ1) is 37.0. The average molecular weight is 726 g/mol. The lowest BCUT2D eigenvalue weighted by Crippen LogP contribution is -2.32. The largest absolute Gasteiger partial charge is 0.481 e. The molecule has 1 N–H and O–H groups in total. The predicted octanol–water partition coefficient (Wildman–Crippen LogP) is 9.48. The minimum atomic E-state index is -5.15. The number of aryl methyl sites for hydroxylation is 1. The van der Waals surface area contributed by atoms with Gasteiger partial charge in [-0.25, -0.2) is 14.6 Å². The maximum Gasteiger partial charge on any atom is 0.416 e. The van der Waals surface area contributed by atoms with E-state index in [1.807, 2.05) is 0 Å². The summed E-state index contributed by atoms with van der Waals surface area (Å²) in [6, 6.07) is 6.36. The summed E-state index contributed by atoms with van der Waals surface area (Å²) in [5, 5.41) is 9.35. The summed E-state index contributed by atoms with van der Waals surface area (Å²) in [4.78, 5) is 31.3. The molecule has 270 valence electrons. The zero-order chi connectivity index (χ0) is 37.8. The van der Waals surface area contributed by atoms with Gasteiger partial charge in [0.25, 0.3) is 0 Å². The minimum absolute atomic E-state index is 0.0148. The molecule has 1 fully saturated rings. The molecular weight excluding hydrogens is 697 g/mol. The van der Waals surface area contributed by atoms with Gasteiger partial charge < -0.3 is 19.6 Å². The van der Waals surface area contributed by atoms with Crippen LogP contribution in [-0.4, -0.2) is 52.1 Å². The number of likely N-dealkylation sites (N-methyl/N-ethyl adjacent to an activating group) is 1. The Morgan fingerprint density at radius 3 is 1.94 bits per heavy atom. The summed E-state index contributed by atoms with van der Waals surface area (Å²) >= 11 is 0. The molecule has 4 aromatic rings. The molecule has 0 aliphatic carbocycles. The first-order chi connectivity index (χ1) is 23.6. The van der Waals surface area contributed by atoms with Gasteiger partial charge in [-0.2, -0.15) is 39.5 Å². The van der Waals surface area contributed by atoms with Crippen molar-refractivity contribution in [2.45, 2.75) is 51.0 Å². The zero-order valence-corrected chi connectivity index (χ0v) is 27.1. The predicted molar refractivity (Wildman–Crippen MR) is 166 cm³/mol. The molecule has 1 aliphatic rings. The summed E-state index contributed by atoms with van der Waals surface area (Å²) in [6.45, 7) is 2.49. The number of methoxy groups -OCH3 is 1. The Morgan fingerprint density at radius 1 is 0.824 bits per heavy atom. The molecule has 1 aliphatic heterocycles. The Kier molecular flexibility index (Phi) is 9.51. The van der Waals surface area contributed by atoms with E-state index in [9.17, 15) is 54.2 Å². The molecule has 0 saturated carbocycles. The lowest BCUT2D eigenvalue weighted by atomic mass is 9.93. The van der Waals surface area contributed by atoms with E-state index in [-0.39, 0.29) is 34.2 Å². The Morgan fingerprint density at radius 2 is 1.41 bits per heavy atom. The summed E-state index contributed by atoms with van der Waals surface area (Å²) in [5.74, 6) is -1.17. The van der Waals surface area contributed by atoms with Crippen molar-refractivity contribution in [2.24, 2.45) is 0 Å². The highest BCUT2D eigenvalue weighted by Gasteiger charge is 2.45. The highest BCUT2D eigenvalue weighted by atomic mass is 19.4. The molecule has 51 heavy (non-hydrogen) atoms. The average Bonchev–Trinajstić information content (AvgIpc) is 3.25. The number of carboxylic acids is 1. The molecule has 7 nitrogen and oxygen atoms in total. The van der Waals surface area contributed by atoms with Gasteiger partial charge in [0.05, 0.1) is 41.4 Å². The van der Waals surface area contributed by atoms with E-state index in [0.717, 1.165) is 28.0 Å². The molecule has 2 atom stereocenters. The number of hydrogen-bond donors (Lipinski definition) is 1. The van der Waals surface area contributed by atoms with Crippen LogP contribution in [-0.2, 0) is 25.1 Å². The number of amides is 2. The quantitative estimate of drug-likeness (QED) is 0.192. The van der Waals surface area contributed by atoms with Crippen molar-refractivity contribution < 1.29 is 58.9 Å². The van der Waals surface area contributed by atoms with Crippen molar-refractivity contribution in [1.29, 1.82) is 0 Å². The summed E-state index contributed by atoms with van der Waals surface area (Å²) < 4.78 is 129. The van der Waals surface area contributed by atoms with E-state index in [1.54, 1.807) is 13.0 Å². The third-order valence-corrected chi connectivity index (χ3v) is 8.76. The summed E-state index contributed by atoms with van der Waals surface area (Å²) in [5.41, 5.74) is -2.87. The van der Waals surface area contributed by atoms with E-state index in [0.29, 0.717) is 28.8 Å². The molecule has 3 aromatic carbocycles. The summed E-state index contributed by atoms with van der Waals surface area (Å²) in [6.07, 6.45) is -13.7. The second-order valence-electron chi connectivity index (χ2n) is 12.0. The minimum Gasteiger partial charge on any atom is -0.481 e. The van der Waals surface area contributed by atoms with Crippen molar-refractivity contribution in [3.8, 4) is 28.1 Å². The maximum atomic E-state index is 14.0. The lowest BCUT2D eigenvalue weighted by Gasteiger charge is -2.26. The second kappa shape index (κ2) is 13.1. The van der Waals surface area contributed by atoms with Crippen LogP contribution < -0.4 is 4.74 Å². The van der Waals surface area contributed by atoms with Crippen LogP contribution in [0.3, 0.4) is 0 Å².